The molecule has 0 amide bonds. The summed E-state index contributed by atoms with van der Waals surface area (Å²) in [5, 5.41) is 10.3. The van der Waals surface area contributed by atoms with Crippen molar-refractivity contribution in [2.24, 2.45) is 0 Å². The number of aromatic nitrogens is 1. The summed E-state index contributed by atoms with van der Waals surface area (Å²) in [7, 11) is 3.59. The van der Waals surface area contributed by atoms with E-state index in [0.717, 1.165) is 21.4 Å². The third-order valence-corrected chi connectivity index (χ3v) is 3.89. The lowest BCUT2D eigenvalue weighted by molar-refractivity contribution is 0.203. The predicted molar refractivity (Wildman–Crippen MR) is 73.8 cm³/mol. The first kappa shape index (κ1) is 12.9. The third kappa shape index (κ3) is 2.63. The van der Waals surface area contributed by atoms with E-state index in [4.69, 9.17) is 4.74 Å². The maximum absolute atomic E-state index is 9.50. The van der Waals surface area contributed by atoms with Gasteiger partial charge in [0.15, 0.2) is 5.13 Å². The summed E-state index contributed by atoms with van der Waals surface area (Å²) in [6, 6.07) is 7.78. The molecule has 0 saturated heterocycles. The minimum Gasteiger partial charge on any atom is -0.497 e. The van der Waals surface area contributed by atoms with Crippen molar-refractivity contribution < 1.29 is 9.84 Å². The average Bonchev–Trinajstić information content (AvgIpc) is 2.87. The van der Waals surface area contributed by atoms with Crippen LogP contribution in [0.5, 0.6) is 5.75 Å². The van der Waals surface area contributed by atoms with Crippen LogP contribution in [0, 0.1) is 0 Å². The Kier molecular flexibility index (Phi) is 3.84. The molecule has 1 unspecified atom stereocenters. The Bertz CT molecular complexity index is 525. The van der Waals surface area contributed by atoms with Crippen molar-refractivity contribution in [3.05, 3.63) is 35.3 Å². The molecule has 2 rings (SSSR count). The summed E-state index contributed by atoms with van der Waals surface area (Å²) in [6.07, 6.45) is 1.23. The Balaban J connectivity index is 2.26. The molecule has 0 spiro atoms. The molecular formula is C13H16N2O2S. The van der Waals surface area contributed by atoms with Crippen LogP contribution in [0.15, 0.2) is 30.5 Å². The first-order chi connectivity index (χ1) is 8.61. The van der Waals surface area contributed by atoms with E-state index < -0.39 is 6.10 Å². The van der Waals surface area contributed by atoms with Gasteiger partial charge in [0, 0.05) is 25.0 Å². The number of benzene rings is 1. The van der Waals surface area contributed by atoms with Gasteiger partial charge in [-0.2, -0.15) is 0 Å². The smallest absolute Gasteiger partial charge is 0.189 e. The van der Waals surface area contributed by atoms with E-state index in [0.29, 0.717) is 0 Å². The van der Waals surface area contributed by atoms with Crippen molar-refractivity contribution >= 4 is 22.2 Å². The number of rotatable bonds is 4. The molecule has 1 N–H and O–H groups in total. The zero-order chi connectivity index (χ0) is 13.1. The Labute approximate surface area is 110 Å². The van der Waals surface area contributed by atoms with Crippen molar-refractivity contribution in [1.29, 1.82) is 0 Å². The fourth-order valence-electron chi connectivity index (χ4n) is 1.55. The molecule has 1 atom stereocenters. The minimum atomic E-state index is -0.477. The van der Waals surface area contributed by atoms with Crippen molar-refractivity contribution in [2.75, 3.05) is 19.1 Å². The summed E-state index contributed by atoms with van der Waals surface area (Å²) in [6.45, 7) is 1.74. The van der Waals surface area contributed by atoms with E-state index >= 15 is 0 Å². The van der Waals surface area contributed by atoms with Gasteiger partial charge >= 0.3 is 0 Å². The molecule has 5 heteroatoms. The second kappa shape index (κ2) is 5.37. The van der Waals surface area contributed by atoms with E-state index in [1.165, 1.54) is 11.3 Å². The highest BCUT2D eigenvalue weighted by molar-refractivity contribution is 7.15. The number of nitrogens with zero attached hydrogens (tertiary/aromatic N) is 2. The Hall–Kier alpha value is -1.59. The monoisotopic (exact) mass is 264 g/mol. The van der Waals surface area contributed by atoms with Crippen molar-refractivity contribution in [2.45, 2.75) is 13.0 Å². The second-order valence-electron chi connectivity index (χ2n) is 3.98. The standard InChI is InChI=1S/C13H16N2O2S/c1-9(16)12-8-14-13(18-12)15(2)10-5-4-6-11(7-10)17-3/h4-9,16H,1-3H3. The molecule has 0 aliphatic heterocycles. The number of methoxy groups -OCH3 is 1. The summed E-state index contributed by atoms with van der Waals surface area (Å²) in [4.78, 5) is 7.15. The van der Waals surface area contributed by atoms with Gasteiger partial charge in [-0.25, -0.2) is 4.98 Å². The van der Waals surface area contributed by atoms with Gasteiger partial charge in [0.25, 0.3) is 0 Å². The topological polar surface area (TPSA) is 45.6 Å². The van der Waals surface area contributed by atoms with E-state index in [1.807, 2.05) is 36.2 Å². The number of hydrogen-bond acceptors (Lipinski definition) is 5. The quantitative estimate of drug-likeness (QED) is 0.922. The molecule has 0 aliphatic rings. The number of aliphatic hydroxyl groups is 1. The molecule has 1 aromatic carbocycles. The van der Waals surface area contributed by atoms with Crippen molar-refractivity contribution in [1.82, 2.24) is 4.98 Å². The van der Waals surface area contributed by atoms with Gasteiger partial charge < -0.3 is 14.7 Å². The van der Waals surface area contributed by atoms with Crippen LogP contribution < -0.4 is 9.64 Å². The number of aliphatic hydroxyl groups excluding tert-OH is 1. The van der Waals surface area contributed by atoms with Gasteiger partial charge in [0.05, 0.1) is 18.1 Å². The molecule has 0 radical (unpaired) electrons. The fraction of sp³-hybridized carbons (Fsp3) is 0.308. The first-order valence-corrected chi connectivity index (χ1v) is 6.45. The number of ether oxygens (including phenoxy) is 1. The van der Waals surface area contributed by atoms with Crippen molar-refractivity contribution in [3.8, 4) is 5.75 Å². The van der Waals surface area contributed by atoms with Crippen LogP contribution in [0.25, 0.3) is 0 Å². The molecule has 1 aromatic heterocycles. The summed E-state index contributed by atoms with van der Waals surface area (Å²) >= 11 is 1.48. The average molecular weight is 264 g/mol. The highest BCUT2D eigenvalue weighted by Crippen LogP contribution is 2.31. The summed E-state index contributed by atoms with van der Waals surface area (Å²) < 4.78 is 5.20. The normalized spacial score (nSPS) is 12.2. The number of anilines is 2. The number of hydrogen-bond donors (Lipinski definition) is 1. The highest BCUT2D eigenvalue weighted by Gasteiger charge is 2.12. The van der Waals surface area contributed by atoms with Crippen LogP contribution >= 0.6 is 11.3 Å². The zero-order valence-corrected chi connectivity index (χ0v) is 11.4. The van der Waals surface area contributed by atoms with Crippen LogP contribution in [0.4, 0.5) is 10.8 Å². The van der Waals surface area contributed by atoms with Crippen LogP contribution in [-0.4, -0.2) is 24.2 Å². The van der Waals surface area contributed by atoms with E-state index in [1.54, 1.807) is 20.2 Å². The molecule has 0 fully saturated rings. The predicted octanol–water partition coefficient (Wildman–Crippen LogP) is 2.97. The molecule has 1 heterocycles. The Morgan fingerprint density at radius 3 is 2.83 bits per heavy atom. The SMILES string of the molecule is COc1cccc(N(C)c2ncc(C(C)O)s2)c1. The summed E-state index contributed by atoms with van der Waals surface area (Å²) in [5.74, 6) is 0.812. The van der Waals surface area contributed by atoms with Crippen LogP contribution in [0.2, 0.25) is 0 Å². The third-order valence-electron chi connectivity index (χ3n) is 2.65. The highest BCUT2D eigenvalue weighted by atomic mass is 32.1. The minimum absolute atomic E-state index is 0.477. The van der Waals surface area contributed by atoms with Crippen LogP contribution in [-0.2, 0) is 0 Å². The van der Waals surface area contributed by atoms with Gasteiger partial charge in [0.1, 0.15) is 5.75 Å². The van der Waals surface area contributed by atoms with E-state index in [2.05, 4.69) is 4.98 Å². The van der Waals surface area contributed by atoms with Gasteiger partial charge in [-0.05, 0) is 19.1 Å². The lowest BCUT2D eigenvalue weighted by atomic mass is 10.3. The van der Waals surface area contributed by atoms with Gasteiger partial charge in [-0.1, -0.05) is 17.4 Å². The largest absolute Gasteiger partial charge is 0.497 e. The van der Waals surface area contributed by atoms with E-state index in [-0.39, 0.29) is 0 Å². The maximum atomic E-state index is 9.50. The molecule has 0 saturated carbocycles. The lowest BCUT2D eigenvalue weighted by Gasteiger charge is -2.16. The molecule has 0 aliphatic carbocycles. The molecule has 4 nitrogen and oxygen atoms in total. The molecule has 18 heavy (non-hydrogen) atoms. The van der Waals surface area contributed by atoms with Gasteiger partial charge in [0.2, 0.25) is 0 Å². The molecule has 2 aromatic rings. The first-order valence-electron chi connectivity index (χ1n) is 5.63. The maximum Gasteiger partial charge on any atom is 0.189 e. The van der Waals surface area contributed by atoms with Crippen LogP contribution in [0.1, 0.15) is 17.9 Å². The Morgan fingerprint density at radius 1 is 1.44 bits per heavy atom. The van der Waals surface area contributed by atoms with E-state index in [9.17, 15) is 5.11 Å². The fourth-order valence-corrected chi connectivity index (χ4v) is 2.39. The molecule has 96 valence electrons. The second-order valence-corrected chi connectivity index (χ2v) is 5.02. The lowest BCUT2D eigenvalue weighted by Crippen LogP contribution is -2.08. The van der Waals surface area contributed by atoms with Crippen LogP contribution in [0.3, 0.4) is 0 Å². The Morgan fingerprint density at radius 2 is 2.22 bits per heavy atom. The molecule has 0 bridgehead atoms. The molecular weight excluding hydrogens is 248 g/mol. The van der Waals surface area contributed by atoms with Gasteiger partial charge in [-0.3, -0.25) is 0 Å². The van der Waals surface area contributed by atoms with Crippen molar-refractivity contribution in [3.63, 3.8) is 0 Å². The zero-order valence-electron chi connectivity index (χ0n) is 10.6. The number of thiazole rings is 1. The van der Waals surface area contributed by atoms with Gasteiger partial charge in [-0.15, -0.1) is 0 Å². The summed E-state index contributed by atoms with van der Waals surface area (Å²) in [5.41, 5.74) is 1.00.